The van der Waals surface area contributed by atoms with Gasteiger partial charge in [0.2, 0.25) is 0 Å². The van der Waals surface area contributed by atoms with E-state index in [-0.39, 0.29) is 17.2 Å². The predicted molar refractivity (Wildman–Crippen MR) is 94.2 cm³/mol. The number of benzene rings is 1. The molecule has 0 saturated carbocycles. The number of aromatic amines is 1. The monoisotopic (exact) mass is 337 g/mol. The van der Waals surface area contributed by atoms with Gasteiger partial charge in [0.25, 0.3) is 11.1 Å². The van der Waals surface area contributed by atoms with Gasteiger partial charge < -0.3 is 9.55 Å². The minimum atomic E-state index is -0.124. The van der Waals surface area contributed by atoms with E-state index in [0.29, 0.717) is 29.0 Å². The van der Waals surface area contributed by atoms with Crippen LogP contribution in [-0.2, 0) is 13.6 Å². The molecule has 4 rings (SSSR count). The maximum absolute atomic E-state index is 12.3. The van der Waals surface area contributed by atoms with Gasteiger partial charge in [0, 0.05) is 26.0 Å². The van der Waals surface area contributed by atoms with E-state index in [1.807, 2.05) is 18.2 Å². The molecule has 0 aliphatic carbocycles. The van der Waals surface area contributed by atoms with Crippen LogP contribution in [0.4, 0.5) is 0 Å². The van der Waals surface area contributed by atoms with Crippen LogP contribution >= 0.6 is 0 Å². The third-order valence-corrected chi connectivity index (χ3v) is 4.75. The summed E-state index contributed by atoms with van der Waals surface area (Å²) in [6.45, 7) is 1.30. The molecule has 1 aromatic carbocycles. The molecule has 1 aliphatic rings. The van der Waals surface area contributed by atoms with Gasteiger partial charge in [-0.2, -0.15) is 0 Å². The summed E-state index contributed by atoms with van der Waals surface area (Å²) >= 11 is 0. The van der Waals surface area contributed by atoms with Crippen molar-refractivity contribution >= 4 is 10.9 Å². The molecule has 1 aliphatic heterocycles. The molecule has 1 fully saturated rings. The standard InChI is InChI=1S/C18H19N5O2/c1-22-10-8-19-14(18(22)25)11-23-9-4-7-15(23)16-20-13-6-3-2-5-12(13)17(24)21-16/h2-3,5-6,8,10,15H,4,7,9,11H2,1H3,(H,20,21,24). The maximum atomic E-state index is 12.3. The van der Waals surface area contributed by atoms with Crippen molar-refractivity contribution in [2.45, 2.75) is 25.4 Å². The van der Waals surface area contributed by atoms with Crippen molar-refractivity contribution in [2.24, 2.45) is 7.05 Å². The van der Waals surface area contributed by atoms with Crippen LogP contribution in [0.5, 0.6) is 0 Å². The van der Waals surface area contributed by atoms with E-state index < -0.39 is 0 Å². The summed E-state index contributed by atoms with van der Waals surface area (Å²) in [6.07, 6.45) is 5.18. The van der Waals surface area contributed by atoms with Gasteiger partial charge in [0.05, 0.1) is 16.9 Å². The number of hydrogen-bond acceptors (Lipinski definition) is 5. The van der Waals surface area contributed by atoms with Gasteiger partial charge in [0.15, 0.2) is 0 Å². The van der Waals surface area contributed by atoms with E-state index in [1.54, 1.807) is 25.5 Å². The van der Waals surface area contributed by atoms with Crippen LogP contribution in [0.3, 0.4) is 0 Å². The number of para-hydroxylation sites is 1. The van der Waals surface area contributed by atoms with Crippen molar-refractivity contribution in [3.05, 3.63) is 68.9 Å². The Morgan fingerprint density at radius 3 is 3.00 bits per heavy atom. The Kier molecular flexibility index (Phi) is 3.93. The molecule has 7 nitrogen and oxygen atoms in total. The van der Waals surface area contributed by atoms with Crippen molar-refractivity contribution in [1.82, 2.24) is 24.4 Å². The second-order valence-electron chi connectivity index (χ2n) is 6.39. The molecular weight excluding hydrogens is 318 g/mol. The van der Waals surface area contributed by atoms with Gasteiger partial charge in [-0.3, -0.25) is 19.5 Å². The number of nitrogens with zero attached hydrogens (tertiary/aromatic N) is 4. The van der Waals surface area contributed by atoms with Gasteiger partial charge in [-0.05, 0) is 31.5 Å². The average Bonchev–Trinajstić information content (AvgIpc) is 3.07. The third-order valence-electron chi connectivity index (χ3n) is 4.75. The SMILES string of the molecule is Cn1ccnc(CN2CCCC2c2nc3ccccc3c(=O)[nH]2)c1=O. The van der Waals surface area contributed by atoms with E-state index >= 15 is 0 Å². The fourth-order valence-corrected chi connectivity index (χ4v) is 3.44. The molecule has 25 heavy (non-hydrogen) atoms. The van der Waals surface area contributed by atoms with Gasteiger partial charge in [-0.25, -0.2) is 4.98 Å². The lowest BCUT2D eigenvalue weighted by Gasteiger charge is -2.23. The quantitative estimate of drug-likeness (QED) is 0.780. The topological polar surface area (TPSA) is 83.9 Å². The number of fused-ring (bicyclic) bond motifs is 1. The first-order chi connectivity index (χ1) is 12.1. The Bertz CT molecular complexity index is 1040. The highest BCUT2D eigenvalue weighted by atomic mass is 16.1. The third kappa shape index (κ3) is 2.87. The molecule has 3 aromatic rings. The Balaban J connectivity index is 1.69. The molecule has 0 amide bonds. The Morgan fingerprint density at radius 1 is 1.28 bits per heavy atom. The van der Waals surface area contributed by atoms with Crippen molar-refractivity contribution < 1.29 is 0 Å². The highest BCUT2D eigenvalue weighted by Gasteiger charge is 2.29. The van der Waals surface area contributed by atoms with Crippen LogP contribution in [0.15, 0.2) is 46.2 Å². The van der Waals surface area contributed by atoms with Crippen LogP contribution in [0.25, 0.3) is 10.9 Å². The highest BCUT2D eigenvalue weighted by molar-refractivity contribution is 5.77. The minimum Gasteiger partial charge on any atom is -0.315 e. The molecule has 0 bridgehead atoms. The average molecular weight is 337 g/mol. The molecule has 2 aromatic heterocycles. The number of aryl methyl sites for hydroxylation is 1. The van der Waals surface area contributed by atoms with Gasteiger partial charge >= 0.3 is 0 Å². The van der Waals surface area contributed by atoms with Crippen LogP contribution in [-0.4, -0.2) is 31.0 Å². The zero-order valence-corrected chi connectivity index (χ0v) is 14.0. The summed E-state index contributed by atoms with van der Waals surface area (Å²) in [5.41, 5.74) is 0.996. The van der Waals surface area contributed by atoms with E-state index in [0.717, 1.165) is 19.4 Å². The first kappa shape index (κ1) is 15.7. The second kappa shape index (κ2) is 6.25. The van der Waals surface area contributed by atoms with Crippen molar-refractivity contribution in [1.29, 1.82) is 0 Å². The number of aromatic nitrogens is 4. The van der Waals surface area contributed by atoms with E-state index in [1.165, 1.54) is 4.57 Å². The first-order valence-corrected chi connectivity index (χ1v) is 8.37. The van der Waals surface area contributed by atoms with E-state index in [2.05, 4.69) is 19.9 Å². The minimum absolute atomic E-state index is 0.0102. The summed E-state index contributed by atoms with van der Waals surface area (Å²) < 4.78 is 1.53. The summed E-state index contributed by atoms with van der Waals surface area (Å²) in [6, 6.07) is 7.32. The molecule has 1 unspecified atom stereocenters. The van der Waals surface area contributed by atoms with Crippen molar-refractivity contribution in [3.8, 4) is 0 Å². The van der Waals surface area contributed by atoms with Crippen LogP contribution in [0.1, 0.15) is 30.4 Å². The first-order valence-electron chi connectivity index (χ1n) is 8.37. The van der Waals surface area contributed by atoms with Crippen LogP contribution < -0.4 is 11.1 Å². The molecule has 0 spiro atoms. The number of likely N-dealkylation sites (tertiary alicyclic amines) is 1. The van der Waals surface area contributed by atoms with Crippen LogP contribution in [0.2, 0.25) is 0 Å². The molecule has 128 valence electrons. The van der Waals surface area contributed by atoms with Crippen molar-refractivity contribution in [2.75, 3.05) is 6.54 Å². The largest absolute Gasteiger partial charge is 0.315 e. The fourth-order valence-electron chi connectivity index (χ4n) is 3.44. The summed E-state index contributed by atoms with van der Waals surface area (Å²) in [5.74, 6) is 0.661. The lowest BCUT2D eigenvalue weighted by molar-refractivity contribution is 0.235. The second-order valence-corrected chi connectivity index (χ2v) is 6.39. The number of rotatable bonds is 3. The lowest BCUT2D eigenvalue weighted by atomic mass is 10.2. The number of hydrogen-bond donors (Lipinski definition) is 1. The molecule has 7 heteroatoms. The smallest absolute Gasteiger partial charge is 0.273 e. The molecule has 3 heterocycles. The normalized spacial score (nSPS) is 18.0. The summed E-state index contributed by atoms with van der Waals surface area (Å²) in [4.78, 5) is 38.5. The van der Waals surface area contributed by atoms with Crippen LogP contribution in [0, 0.1) is 0 Å². The Labute approximate surface area is 144 Å². The molecular formula is C18H19N5O2. The number of nitrogens with one attached hydrogen (secondary N) is 1. The van der Waals surface area contributed by atoms with Crippen molar-refractivity contribution in [3.63, 3.8) is 0 Å². The van der Waals surface area contributed by atoms with Gasteiger partial charge in [-0.15, -0.1) is 0 Å². The van der Waals surface area contributed by atoms with Gasteiger partial charge in [-0.1, -0.05) is 12.1 Å². The maximum Gasteiger partial charge on any atom is 0.273 e. The summed E-state index contributed by atoms with van der Waals surface area (Å²) in [7, 11) is 1.72. The zero-order chi connectivity index (χ0) is 17.4. The Hall–Kier alpha value is -2.80. The highest BCUT2D eigenvalue weighted by Crippen LogP contribution is 2.30. The zero-order valence-electron chi connectivity index (χ0n) is 14.0. The fraction of sp³-hybridized carbons (Fsp3) is 0.333. The van der Waals surface area contributed by atoms with E-state index in [4.69, 9.17) is 0 Å². The molecule has 1 N–H and O–H groups in total. The molecule has 0 radical (unpaired) electrons. The lowest BCUT2D eigenvalue weighted by Crippen LogP contribution is -2.31. The van der Waals surface area contributed by atoms with E-state index in [9.17, 15) is 9.59 Å². The number of H-pyrrole nitrogens is 1. The predicted octanol–water partition coefficient (Wildman–Crippen LogP) is 1.35. The summed E-state index contributed by atoms with van der Waals surface area (Å²) in [5, 5.41) is 0.592. The van der Waals surface area contributed by atoms with Gasteiger partial charge in [0.1, 0.15) is 11.5 Å². The molecule has 1 atom stereocenters. The Morgan fingerprint density at radius 2 is 2.12 bits per heavy atom. The molecule has 1 saturated heterocycles.